The minimum absolute atomic E-state index is 0.481. The Bertz CT molecular complexity index is 423. The van der Waals surface area contributed by atoms with Crippen molar-refractivity contribution < 1.29 is 0 Å². The van der Waals surface area contributed by atoms with Gasteiger partial charge in [0.1, 0.15) is 0 Å². The summed E-state index contributed by atoms with van der Waals surface area (Å²) in [6.07, 6.45) is 2.38. The van der Waals surface area contributed by atoms with Crippen molar-refractivity contribution >= 4 is 17.8 Å². The monoisotopic (exact) mass is 380 g/mol. The predicted molar refractivity (Wildman–Crippen MR) is 117 cm³/mol. The maximum Gasteiger partial charge on any atom is 0.191 e. The van der Waals surface area contributed by atoms with Crippen LogP contribution in [0.25, 0.3) is 0 Å². The van der Waals surface area contributed by atoms with Crippen molar-refractivity contribution in [3.05, 3.63) is 0 Å². The van der Waals surface area contributed by atoms with E-state index in [2.05, 4.69) is 83.1 Å². The lowest BCUT2D eigenvalue weighted by atomic mass is 10.3. The van der Waals surface area contributed by atoms with Crippen molar-refractivity contribution in [1.29, 1.82) is 0 Å². The first-order valence-electron chi connectivity index (χ1n) is 10.3. The predicted octanol–water partition coefficient (Wildman–Crippen LogP) is 1.06. The van der Waals surface area contributed by atoms with Crippen LogP contribution < -0.4 is 26.6 Å². The summed E-state index contributed by atoms with van der Waals surface area (Å²) in [5.41, 5.74) is 0. The van der Waals surface area contributed by atoms with Gasteiger partial charge in [0, 0.05) is 44.2 Å². The van der Waals surface area contributed by atoms with E-state index in [-0.39, 0.29) is 0 Å². The van der Waals surface area contributed by atoms with Crippen molar-refractivity contribution in [2.24, 2.45) is 15.0 Å². The molecule has 0 aromatic carbocycles. The van der Waals surface area contributed by atoms with E-state index in [0.717, 1.165) is 51.1 Å². The van der Waals surface area contributed by atoms with Gasteiger partial charge >= 0.3 is 0 Å². The molecule has 0 spiro atoms. The van der Waals surface area contributed by atoms with Crippen LogP contribution in [0.3, 0.4) is 0 Å². The third-order valence-electron chi connectivity index (χ3n) is 3.53. The molecule has 27 heavy (non-hydrogen) atoms. The second-order valence-corrected chi connectivity index (χ2v) is 7.64. The molecule has 3 heterocycles. The molecule has 0 saturated carbocycles. The third kappa shape index (κ3) is 12.1. The van der Waals surface area contributed by atoms with E-state index in [0.29, 0.717) is 18.1 Å². The third-order valence-corrected chi connectivity index (χ3v) is 3.53. The van der Waals surface area contributed by atoms with Gasteiger partial charge in [0.2, 0.25) is 0 Å². The number of guanidine groups is 2. The molecule has 0 fully saturated rings. The van der Waals surface area contributed by atoms with Crippen molar-refractivity contribution in [2.75, 3.05) is 32.7 Å². The summed E-state index contributed by atoms with van der Waals surface area (Å²) in [5, 5.41) is 15.9. The molecular weight excluding hydrogens is 340 g/mol. The van der Waals surface area contributed by atoms with Gasteiger partial charge in [-0.3, -0.25) is 15.0 Å². The average Bonchev–Trinajstić information content (AvgIpc) is 3.30. The number of nitrogens with one attached hydrogen (secondary N) is 5. The maximum absolute atomic E-state index is 4.28. The minimum Gasteiger partial charge on any atom is -0.372 e. The van der Waals surface area contributed by atoms with Crippen LogP contribution in [-0.2, 0) is 0 Å². The summed E-state index contributed by atoms with van der Waals surface area (Å²) in [4.78, 5) is 12.6. The van der Waals surface area contributed by atoms with Gasteiger partial charge in [-0.25, -0.2) is 0 Å². The zero-order valence-corrected chi connectivity index (χ0v) is 18.0. The maximum atomic E-state index is 4.28. The number of amidine groups is 1. The molecule has 0 aromatic heterocycles. The molecule has 3 rings (SSSR count). The average molecular weight is 381 g/mol. The van der Waals surface area contributed by atoms with E-state index < -0.39 is 0 Å². The molecule has 0 radical (unpaired) electrons. The van der Waals surface area contributed by atoms with Crippen molar-refractivity contribution in [3.8, 4) is 0 Å². The zero-order chi connectivity index (χ0) is 20.1. The number of nitrogens with zero attached hydrogens (tertiary/aromatic N) is 3. The number of hydrogen-bond acceptors (Lipinski definition) is 8. The Balaban J connectivity index is 0.000000202. The van der Waals surface area contributed by atoms with Gasteiger partial charge in [0.05, 0.1) is 18.9 Å². The van der Waals surface area contributed by atoms with Gasteiger partial charge in [-0.1, -0.05) is 0 Å². The molecule has 0 saturated heterocycles. The molecule has 3 aliphatic rings. The number of rotatable bonds is 3. The molecule has 0 aliphatic carbocycles. The second kappa shape index (κ2) is 13.2. The van der Waals surface area contributed by atoms with E-state index in [1.807, 2.05) is 0 Å². The Morgan fingerprint density at radius 1 is 0.667 bits per heavy atom. The Labute approximate surface area is 165 Å². The number of hydrogen-bond donors (Lipinski definition) is 5. The lowest BCUT2D eigenvalue weighted by Gasteiger charge is -2.08. The van der Waals surface area contributed by atoms with Crippen LogP contribution in [0.1, 0.15) is 54.4 Å². The highest BCUT2D eigenvalue weighted by atomic mass is 15.2. The van der Waals surface area contributed by atoms with Gasteiger partial charge in [-0.2, -0.15) is 0 Å². The summed E-state index contributed by atoms with van der Waals surface area (Å²) in [6.45, 7) is 17.5. The molecule has 0 atom stereocenters. The van der Waals surface area contributed by atoms with Crippen LogP contribution in [0.5, 0.6) is 0 Å². The van der Waals surface area contributed by atoms with E-state index in [4.69, 9.17) is 0 Å². The standard InChI is InChI=1S/C7H14N2.2C6H13N3/c1-6(2)9-7-4-3-5-8-7;2*1-5(2)9-6-7-3-4-8-6/h6H,3-5H2,1-2H3,(H,8,9);2*5H,3-4H2,1-2H3,(H2,7,8,9). The number of aliphatic imine (C=N–C) groups is 3. The first-order valence-corrected chi connectivity index (χ1v) is 10.3. The Hall–Kier alpha value is -1.99. The van der Waals surface area contributed by atoms with Gasteiger partial charge < -0.3 is 26.6 Å². The van der Waals surface area contributed by atoms with E-state index in [1.165, 1.54) is 12.3 Å². The molecule has 3 aliphatic heterocycles. The fourth-order valence-electron chi connectivity index (χ4n) is 2.53. The van der Waals surface area contributed by atoms with Crippen LogP contribution in [-0.4, -0.2) is 68.6 Å². The van der Waals surface area contributed by atoms with Crippen LogP contribution in [0.2, 0.25) is 0 Å². The second-order valence-electron chi connectivity index (χ2n) is 7.64. The molecule has 8 nitrogen and oxygen atoms in total. The Morgan fingerprint density at radius 2 is 1.15 bits per heavy atom. The lowest BCUT2D eigenvalue weighted by Crippen LogP contribution is -2.38. The summed E-state index contributed by atoms with van der Waals surface area (Å²) < 4.78 is 0. The molecule has 156 valence electrons. The summed E-state index contributed by atoms with van der Waals surface area (Å²) in [5.74, 6) is 3.10. The first kappa shape index (κ1) is 23.0. The van der Waals surface area contributed by atoms with Gasteiger partial charge in [-0.05, 0) is 48.0 Å². The van der Waals surface area contributed by atoms with Gasteiger partial charge in [0.15, 0.2) is 11.9 Å². The van der Waals surface area contributed by atoms with E-state index >= 15 is 0 Å². The normalized spacial score (nSPS) is 17.7. The van der Waals surface area contributed by atoms with Crippen molar-refractivity contribution in [1.82, 2.24) is 26.6 Å². The summed E-state index contributed by atoms with van der Waals surface area (Å²) >= 11 is 0. The van der Waals surface area contributed by atoms with Crippen LogP contribution >= 0.6 is 0 Å². The summed E-state index contributed by atoms with van der Waals surface area (Å²) in [7, 11) is 0. The topological polar surface area (TPSA) is 97.2 Å². The fourth-order valence-corrected chi connectivity index (χ4v) is 2.53. The SMILES string of the molecule is CC(C)NC1=NCCC1.CC(C)NC1=NCCN1.CC(C)NC1=NCCN1. The highest BCUT2D eigenvalue weighted by Gasteiger charge is 2.06. The minimum atomic E-state index is 0.481. The lowest BCUT2D eigenvalue weighted by molar-refractivity contribution is 0.717. The molecule has 0 amide bonds. The highest BCUT2D eigenvalue weighted by Crippen LogP contribution is 2.01. The van der Waals surface area contributed by atoms with Gasteiger partial charge in [-0.15, -0.1) is 0 Å². The van der Waals surface area contributed by atoms with Gasteiger partial charge in [0.25, 0.3) is 0 Å². The smallest absolute Gasteiger partial charge is 0.191 e. The molecule has 0 bridgehead atoms. The van der Waals surface area contributed by atoms with Crippen LogP contribution in [0, 0.1) is 0 Å². The first-order chi connectivity index (χ1) is 12.9. The van der Waals surface area contributed by atoms with Crippen molar-refractivity contribution in [2.45, 2.75) is 72.5 Å². The Morgan fingerprint density at radius 3 is 1.44 bits per heavy atom. The molecule has 5 N–H and O–H groups in total. The zero-order valence-electron chi connectivity index (χ0n) is 18.0. The molecule has 8 heteroatoms. The van der Waals surface area contributed by atoms with E-state index in [9.17, 15) is 0 Å². The van der Waals surface area contributed by atoms with E-state index in [1.54, 1.807) is 0 Å². The Kier molecular flexibility index (Phi) is 11.3. The molecule has 0 unspecified atom stereocenters. The molecular formula is C19H40N8. The fraction of sp³-hybridized carbons (Fsp3) is 0.842. The molecule has 0 aromatic rings. The highest BCUT2D eigenvalue weighted by molar-refractivity contribution is 5.83. The quantitative estimate of drug-likeness (QED) is 0.504. The van der Waals surface area contributed by atoms with Crippen LogP contribution in [0.4, 0.5) is 0 Å². The summed E-state index contributed by atoms with van der Waals surface area (Å²) in [6, 6.07) is 1.51. The van der Waals surface area contributed by atoms with Crippen molar-refractivity contribution in [3.63, 3.8) is 0 Å². The largest absolute Gasteiger partial charge is 0.372 e. The van der Waals surface area contributed by atoms with Crippen LogP contribution in [0.15, 0.2) is 15.0 Å².